The predicted octanol–water partition coefficient (Wildman–Crippen LogP) is 2.20. The maximum atomic E-state index is 5.23. The van der Waals surface area contributed by atoms with E-state index in [2.05, 4.69) is 22.2 Å². The first-order valence-electron chi connectivity index (χ1n) is 6.27. The highest BCUT2D eigenvalue weighted by Crippen LogP contribution is 2.20. The van der Waals surface area contributed by atoms with Gasteiger partial charge in [0.15, 0.2) is 5.82 Å². The fraction of sp³-hybridized carbons (Fsp3) is 0.538. The van der Waals surface area contributed by atoms with Crippen LogP contribution in [0, 0.1) is 0 Å². The van der Waals surface area contributed by atoms with Gasteiger partial charge >= 0.3 is 0 Å². The van der Waals surface area contributed by atoms with Crippen molar-refractivity contribution in [1.82, 2.24) is 14.5 Å². The van der Waals surface area contributed by atoms with E-state index >= 15 is 0 Å². The maximum Gasteiger partial charge on any atom is 0.154 e. The van der Waals surface area contributed by atoms with Gasteiger partial charge in [0.05, 0.1) is 24.5 Å². The molecule has 2 aromatic heterocycles. The number of rotatable bonds is 6. The molecule has 0 spiro atoms. The molecule has 5 heteroatoms. The molecule has 18 heavy (non-hydrogen) atoms. The number of nitrogens with zero attached hydrogens (tertiary/aromatic N) is 3. The first-order chi connectivity index (χ1) is 8.76. The molecule has 2 rings (SSSR count). The molecule has 0 aromatic carbocycles. The zero-order chi connectivity index (χ0) is 13.0. The molecule has 0 aliphatic rings. The topological polar surface area (TPSA) is 52.0 Å². The number of aromatic nitrogens is 3. The molecule has 0 amide bonds. The summed E-state index contributed by atoms with van der Waals surface area (Å²) >= 11 is 0. The minimum Gasteiger partial charge on any atom is -0.383 e. The van der Waals surface area contributed by atoms with Crippen molar-refractivity contribution in [2.24, 2.45) is 7.05 Å². The summed E-state index contributed by atoms with van der Waals surface area (Å²) in [5.74, 6) is 0.837. The summed E-state index contributed by atoms with van der Waals surface area (Å²) < 4.78 is 7.22. The number of aryl methyl sites for hydroxylation is 1. The van der Waals surface area contributed by atoms with E-state index in [1.807, 2.05) is 30.2 Å². The van der Waals surface area contributed by atoms with Gasteiger partial charge in [-0.15, -0.1) is 0 Å². The Kier molecular flexibility index (Phi) is 4.15. The van der Waals surface area contributed by atoms with Gasteiger partial charge in [-0.2, -0.15) is 0 Å². The molecule has 2 heterocycles. The minimum absolute atomic E-state index is 0.278. The van der Waals surface area contributed by atoms with Gasteiger partial charge in [0, 0.05) is 20.4 Å². The molecule has 0 saturated heterocycles. The van der Waals surface area contributed by atoms with E-state index in [4.69, 9.17) is 4.74 Å². The number of nitrogens with one attached hydrogen (secondary N) is 1. The molecule has 1 N–H and O–H groups in total. The second kappa shape index (κ2) is 5.82. The number of fused-ring (bicyclic) bond motifs is 1. The highest BCUT2D eigenvalue weighted by molar-refractivity contribution is 5.85. The van der Waals surface area contributed by atoms with Crippen molar-refractivity contribution in [3.8, 4) is 0 Å². The summed E-state index contributed by atoms with van der Waals surface area (Å²) in [5, 5.41) is 3.43. The van der Waals surface area contributed by atoms with E-state index in [-0.39, 0.29) is 6.04 Å². The van der Waals surface area contributed by atoms with Gasteiger partial charge in [0.25, 0.3) is 0 Å². The van der Waals surface area contributed by atoms with Crippen LogP contribution in [-0.2, 0) is 11.8 Å². The van der Waals surface area contributed by atoms with Gasteiger partial charge in [-0.05, 0) is 12.5 Å². The van der Waals surface area contributed by atoms with E-state index in [0.717, 1.165) is 29.7 Å². The monoisotopic (exact) mass is 248 g/mol. The summed E-state index contributed by atoms with van der Waals surface area (Å²) in [6.07, 6.45) is 5.78. The zero-order valence-corrected chi connectivity index (χ0v) is 11.2. The lowest BCUT2D eigenvalue weighted by molar-refractivity contribution is 0.182. The molecule has 2 aromatic rings. The second-order valence-electron chi connectivity index (χ2n) is 4.47. The van der Waals surface area contributed by atoms with Crippen LogP contribution in [0.5, 0.6) is 0 Å². The smallest absolute Gasteiger partial charge is 0.154 e. The number of hydrogen-bond acceptors (Lipinski definition) is 4. The third-order valence-corrected chi connectivity index (χ3v) is 2.99. The zero-order valence-electron chi connectivity index (χ0n) is 11.2. The molecular weight excluding hydrogens is 228 g/mol. The van der Waals surface area contributed by atoms with Crippen LogP contribution < -0.4 is 5.32 Å². The first kappa shape index (κ1) is 12.8. The Morgan fingerprint density at radius 2 is 2.28 bits per heavy atom. The van der Waals surface area contributed by atoms with E-state index in [1.54, 1.807) is 7.11 Å². The maximum absolute atomic E-state index is 5.23. The quantitative estimate of drug-likeness (QED) is 0.851. The summed E-state index contributed by atoms with van der Waals surface area (Å²) in [5.41, 5.74) is 2.00. The Morgan fingerprint density at radius 3 is 3.00 bits per heavy atom. The van der Waals surface area contributed by atoms with E-state index in [9.17, 15) is 0 Å². The van der Waals surface area contributed by atoms with Crippen LogP contribution in [0.1, 0.15) is 19.8 Å². The molecular formula is C13H20N4O. The third kappa shape index (κ3) is 2.61. The molecule has 98 valence electrons. The Balaban J connectivity index is 2.24. The molecule has 1 unspecified atom stereocenters. The Hall–Kier alpha value is -1.62. The standard InChI is InChI=1S/C13H20N4O/c1-4-5-10(8-18-3)16-13-12-11(6-7-14-13)17(2)9-15-12/h6-7,9-10H,4-5,8H2,1-3H3,(H,14,16). The molecule has 0 saturated carbocycles. The average Bonchev–Trinajstić information content (AvgIpc) is 2.73. The number of methoxy groups -OCH3 is 1. The molecule has 5 nitrogen and oxygen atoms in total. The number of anilines is 1. The SMILES string of the molecule is CCCC(COC)Nc1nccc2c1ncn2C. The molecule has 0 aliphatic heterocycles. The lowest BCUT2D eigenvalue weighted by Gasteiger charge is -2.17. The van der Waals surface area contributed by atoms with Crippen LogP contribution >= 0.6 is 0 Å². The fourth-order valence-corrected chi connectivity index (χ4v) is 2.11. The van der Waals surface area contributed by atoms with E-state index in [0.29, 0.717) is 6.61 Å². The predicted molar refractivity (Wildman–Crippen MR) is 72.7 cm³/mol. The van der Waals surface area contributed by atoms with Crippen molar-refractivity contribution in [1.29, 1.82) is 0 Å². The van der Waals surface area contributed by atoms with Crippen molar-refractivity contribution in [3.63, 3.8) is 0 Å². The van der Waals surface area contributed by atoms with Crippen LogP contribution in [0.4, 0.5) is 5.82 Å². The van der Waals surface area contributed by atoms with Gasteiger partial charge in [-0.25, -0.2) is 9.97 Å². The van der Waals surface area contributed by atoms with Crippen LogP contribution in [0.3, 0.4) is 0 Å². The normalized spacial score (nSPS) is 12.8. The van der Waals surface area contributed by atoms with Crippen molar-refractivity contribution in [3.05, 3.63) is 18.6 Å². The van der Waals surface area contributed by atoms with Crippen LogP contribution in [0.25, 0.3) is 11.0 Å². The summed E-state index contributed by atoms with van der Waals surface area (Å²) in [6.45, 7) is 2.85. The van der Waals surface area contributed by atoms with E-state index in [1.165, 1.54) is 0 Å². The van der Waals surface area contributed by atoms with Crippen molar-refractivity contribution < 1.29 is 4.74 Å². The Morgan fingerprint density at radius 1 is 1.44 bits per heavy atom. The minimum atomic E-state index is 0.278. The number of pyridine rings is 1. The third-order valence-electron chi connectivity index (χ3n) is 2.99. The van der Waals surface area contributed by atoms with E-state index < -0.39 is 0 Å². The number of imidazole rings is 1. The number of hydrogen-bond donors (Lipinski definition) is 1. The largest absolute Gasteiger partial charge is 0.383 e. The van der Waals surface area contributed by atoms with Crippen LogP contribution in [-0.4, -0.2) is 34.3 Å². The molecule has 0 bridgehead atoms. The lowest BCUT2D eigenvalue weighted by atomic mass is 10.2. The Bertz CT molecular complexity index is 503. The van der Waals surface area contributed by atoms with Gasteiger partial charge < -0.3 is 14.6 Å². The van der Waals surface area contributed by atoms with Crippen LogP contribution in [0.15, 0.2) is 18.6 Å². The van der Waals surface area contributed by atoms with Crippen molar-refractivity contribution in [2.45, 2.75) is 25.8 Å². The average molecular weight is 248 g/mol. The van der Waals surface area contributed by atoms with Gasteiger partial charge in [-0.3, -0.25) is 0 Å². The summed E-state index contributed by atoms with van der Waals surface area (Å²) in [4.78, 5) is 8.77. The van der Waals surface area contributed by atoms with Crippen molar-refractivity contribution >= 4 is 16.9 Å². The molecule has 0 fully saturated rings. The van der Waals surface area contributed by atoms with Gasteiger partial charge in [0.1, 0.15) is 5.52 Å². The van der Waals surface area contributed by atoms with Crippen LogP contribution in [0.2, 0.25) is 0 Å². The first-order valence-corrected chi connectivity index (χ1v) is 6.27. The molecule has 0 aliphatic carbocycles. The summed E-state index contributed by atoms with van der Waals surface area (Å²) in [7, 11) is 3.71. The molecule has 1 atom stereocenters. The van der Waals surface area contributed by atoms with Gasteiger partial charge in [-0.1, -0.05) is 13.3 Å². The number of ether oxygens (including phenoxy) is 1. The fourth-order valence-electron chi connectivity index (χ4n) is 2.11. The van der Waals surface area contributed by atoms with Gasteiger partial charge in [0.2, 0.25) is 0 Å². The Labute approximate surface area is 107 Å². The highest BCUT2D eigenvalue weighted by atomic mass is 16.5. The molecule has 0 radical (unpaired) electrons. The lowest BCUT2D eigenvalue weighted by Crippen LogP contribution is -2.25. The van der Waals surface area contributed by atoms with Crippen molar-refractivity contribution in [2.75, 3.05) is 19.0 Å². The summed E-state index contributed by atoms with van der Waals surface area (Å²) in [6, 6.07) is 2.25. The second-order valence-corrected chi connectivity index (χ2v) is 4.47. The highest BCUT2D eigenvalue weighted by Gasteiger charge is 2.12.